The second-order valence-electron chi connectivity index (χ2n) is 5.91. The number of amides is 1. The molecule has 2 heterocycles. The maximum absolute atomic E-state index is 12.4. The van der Waals surface area contributed by atoms with Crippen LogP contribution in [0.2, 0.25) is 0 Å². The van der Waals surface area contributed by atoms with E-state index in [1.165, 1.54) is 11.3 Å². The van der Waals surface area contributed by atoms with Crippen LogP contribution in [0.5, 0.6) is 0 Å². The molecule has 0 bridgehead atoms. The van der Waals surface area contributed by atoms with E-state index < -0.39 is 0 Å². The summed E-state index contributed by atoms with van der Waals surface area (Å²) < 4.78 is 1.83. The van der Waals surface area contributed by atoms with E-state index in [1.54, 1.807) is 0 Å². The first-order valence-corrected chi connectivity index (χ1v) is 8.25. The van der Waals surface area contributed by atoms with Crippen molar-refractivity contribution in [1.29, 1.82) is 0 Å². The fourth-order valence-corrected chi connectivity index (χ4v) is 4.09. The Morgan fingerprint density at radius 2 is 2.19 bits per heavy atom. The number of aliphatic hydroxyl groups is 1. The third-order valence-electron chi connectivity index (χ3n) is 4.36. The predicted molar refractivity (Wildman–Crippen MR) is 83.6 cm³/mol. The Labute approximate surface area is 128 Å². The molecule has 0 atom stereocenters. The van der Waals surface area contributed by atoms with Crippen LogP contribution in [0.4, 0.5) is 0 Å². The number of aromatic nitrogens is 2. The maximum atomic E-state index is 12.4. The molecule has 5 nitrogen and oxygen atoms in total. The highest BCUT2D eigenvalue weighted by Gasteiger charge is 2.23. The molecule has 1 aliphatic rings. The quantitative estimate of drug-likeness (QED) is 0.913. The number of hydrogen-bond acceptors (Lipinski definition) is 4. The first-order chi connectivity index (χ1) is 10.1. The Kier molecular flexibility index (Phi) is 3.99. The third kappa shape index (κ3) is 2.82. The first-order valence-electron chi connectivity index (χ1n) is 7.43. The monoisotopic (exact) mass is 307 g/mol. The van der Waals surface area contributed by atoms with Gasteiger partial charge in [0.05, 0.1) is 10.6 Å². The number of thiophene rings is 1. The van der Waals surface area contributed by atoms with Gasteiger partial charge in [0.15, 0.2) is 0 Å². The number of aryl methyl sites for hydroxylation is 2. The lowest BCUT2D eigenvalue weighted by atomic mass is 9.86. The van der Waals surface area contributed by atoms with Gasteiger partial charge >= 0.3 is 0 Å². The molecule has 21 heavy (non-hydrogen) atoms. The molecule has 1 fully saturated rings. The Morgan fingerprint density at radius 3 is 2.81 bits per heavy atom. The van der Waals surface area contributed by atoms with Gasteiger partial charge in [-0.15, -0.1) is 11.3 Å². The summed E-state index contributed by atoms with van der Waals surface area (Å²) in [6.07, 6.45) is 3.92. The third-order valence-corrected chi connectivity index (χ3v) is 5.56. The van der Waals surface area contributed by atoms with Crippen molar-refractivity contribution in [3.8, 4) is 0 Å². The van der Waals surface area contributed by atoms with E-state index in [9.17, 15) is 4.79 Å². The van der Waals surface area contributed by atoms with Gasteiger partial charge in [0.25, 0.3) is 5.91 Å². The van der Waals surface area contributed by atoms with E-state index >= 15 is 0 Å². The lowest BCUT2D eigenvalue weighted by Crippen LogP contribution is -2.37. The van der Waals surface area contributed by atoms with Crippen LogP contribution in [-0.4, -0.2) is 33.4 Å². The van der Waals surface area contributed by atoms with E-state index in [2.05, 4.69) is 10.4 Å². The zero-order valence-electron chi connectivity index (χ0n) is 12.4. The smallest absolute Gasteiger partial charge is 0.261 e. The Balaban J connectivity index is 1.68. The summed E-state index contributed by atoms with van der Waals surface area (Å²) in [6, 6.07) is 2.18. The molecule has 3 rings (SSSR count). The summed E-state index contributed by atoms with van der Waals surface area (Å²) in [7, 11) is 1.91. The van der Waals surface area contributed by atoms with Crippen LogP contribution in [0.3, 0.4) is 0 Å². The summed E-state index contributed by atoms with van der Waals surface area (Å²) in [4.78, 5) is 14.2. The van der Waals surface area contributed by atoms with E-state index in [4.69, 9.17) is 5.11 Å². The van der Waals surface area contributed by atoms with Gasteiger partial charge < -0.3 is 10.4 Å². The lowest BCUT2D eigenvalue weighted by Gasteiger charge is -2.27. The Morgan fingerprint density at radius 1 is 1.48 bits per heavy atom. The number of carbonyl (C=O) groups excluding carboxylic acids is 1. The normalized spacial score (nSPS) is 22.6. The van der Waals surface area contributed by atoms with Crippen molar-refractivity contribution in [3.63, 3.8) is 0 Å². The van der Waals surface area contributed by atoms with Gasteiger partial charge in [-0.05, 0) is 44.6 Å². The summed E-state index contributed by atoms with van der Waals surface area (Å²) in [6.45, 7) is 2.23. The van der Waals surface area contributed by atoms with Crippen LogP contribution >= 0.6 is 11.3 Å². The van der Waals surface area contributed by atoms with Crippen molar-refractivity contribution < 1.29 is 9.90 Å². The van der Waals surface area contributed by atoms with Gasteiger partial charge in [0.1, 0.15) is 4.83 Å². The van der Waals surface area contributed by atoms with Crippen LogP contribution in [0.25, 0.3) is 10.2 Å². The molecule has 1 amide bonds. The average Bonchev–Trinajstić information content (AvgIpc) is 3.02. The van der Waals surface area contributed by atoms with Crippen molar-refractivity contribution in [1.82, 2.24) is 15.1 Å². The second-order valence-corrected chi connectivity index (χ2v) is 6.94. The number of aliphatic hydroxyl groups excluding tert-OH is 1. The Hall–Kier alpha value is -1.40. The van der Waals surface area contributed by atoms with E-state index in [1.807, 2.05) is 24.7 Å². The van der Waals surface area contributed by atoms with Crippen molar-refractivity contribution in [2.75, 3.05) is 6.61 Å². The zero-order valence-corrected chi connectivity index (χ0v) is 13.2. The van der Waals surface area contributed by atoms with Crippen molar-refractivity contribution >= 4 is 27.5 Å². The molecule has 1 aliphatic carbocycles. The van der Waals surface area contributed by atoms with Crippen molar-refractivity contribution in [2.45, 2.75) is 38.6 Å². The highest BCUT2D eigenvalue weighted by molar-refractivity contribution is 7.20. The largest absolute Gasteiger partial charge is 0.396 e. The fourth-order valence-electron chi connectivity index (χ4n) is 3.06. The lowest BCUT2D eigenvalue weighted by molar-refractivity contribution is 0.0918. The molecule has 2 aromatic rings. The zero-order chi connectivity index (χ0) is 15.0. The molecule has 0 unspecified atom stereocenters. The molecule has 0 aliphatic heterocycles. The van der Waals surface area contributed by atoms with E-state index in [0.29, 0.717) is 5.92 Å². The number of nitrogens with zero attached hydrogens (tertiary/aromatic N) is 2. The molecule has 0 aromatic carbocycles. The van der Waals surface area contributed by atoms with Gasteiger partial charge in [-0.25, -0.2) is 0 Å². The van der Waals surface area contributed by atoms with Crippen molar-refractivity contribution in [3.05, 3.63) is 16.6 Å². The number of rotatable bonds is 3. The average molecular weight is 307 g/mol. The van der Waals surface area contributed by atoms with Crippen LogP contribution in [0.15, 0.2) is 6.07 Å². The first kappa shape index (κ1) is 14.5. The summed E-state index contributed by atoms with van der Waals surface area (Å²) in [5, 5.41) is 17.7. The second kappa shape index (κ2) is 5.77. The topological polar surface area (TPSA) is 67.2 Å². The maximum Gasteiger partial charge on any atom is 0.261 e. The van der Waals surface area contributed by atoms with Gasteiger partial charge in [0, 0.05) is 25.1 Å². The van der Waals surface area contributed by atoms with Gasteiger partial charge in [-0.1, -0.05) is 0 Å². The number of nitrogens with one attached hydrogen (secondary N) is 1. The van der Waals surface area contributed by atoms with Gasteiger partial charge in [0.2, 0.25) is 0 Å². The molecule has 2 aromatic heterocycles. The highest BCUT2D eigenvalue weighted by atomic mass is 32.1. The SMILES string of the molecule is Cc1nn(C)c2sc(C(=O)NC3CCC(CO)CC3)cc12. The molecule has 114 valence electrons. The fraction of sp³-hybridized carbons (Fsp3) is 0.600. The van der Waals surface area contributed by atoms with Gasteiger partial charge in [-0.2, -0.15) is 5.10 Å². The summed E-state index contributed by atoms with van der Waals surface area (Å²) in [5.41, 5.74) is 0.964. The van der Waals surface area contributed by atoms with E-state index in [0.717, 1.165) is 46.5 Å². The Bertz CT molecular complexity index is 619. The van der Waals surface area contributed by atoms with E-state index in [-0.39, 0.29) is 18.6 Å². The number of carbonyl (C=O) groups is 1. The van der Waals surface area contributed by atoms with Crippen LogP contribution in [-0.2, 0) is 7.05 Å². The summed E-state index contributed by atoms with van der Waals surface area (Å²) >= 11 is 1.49. The van der Waals surface area contributed by atoms with Crippen LogP contribution in [0.1, 0.15) is 41.0 Å². The minimum atomic E-state index is 0.0167. The molecule has 0 saturated heterocycles. The molecule has 6 heteroatoms. The molecule has 2 N–H and O–H groups in total. The molecule has 0 radical (unpaired) electrons. The highest BCUT2D eigenvalue weighted by Crippen LogP contribution is 2.28. The molecule has 0 spiro atoms. The van der Waals surface area contributed by atoms with Crippen molar-refractivity contribution in [2.24, 2.45) is 13.0 Å². The molecular formula is C15H21N3O2S. The van der Waals surface area contributed by atoms with Crippen LogP contribution < -0.4 is 5.32 Å². The van der Waals surface area contributed by atoms with Gasteiger partial charge in [-0.3, -0.25) is 9.48 Å². The number of fused-ring (bicyclic) bond motifs is 1. The standard InChI is InChI=1S/C15H21N3O2S/c1-9-12-7-13(21-15(12)18(2)17-9)14(20)16-11-5-3-10(8-19)4-6-11/h7,10-11,19H,3-6,8H2,1-2H3,(H,16,20). The predicted octanol–water partition coefficient (Wildman–Crippen LogP) is 2.22. The van der Waals surface area contributed by atoms with Crippen LogP contribution in [0, 0.1) is 12.8 Å². The molecule has 1 saturated carbocycles. The minimum Gasteiger partial charge on any atom is -0.396 e. The number of hydrogen-bond donors (Lipinski definition) is 2. The summed E-state index contributed by atoms with van der Waals surface area (Å²) in [5.74, 6) is 0.430. The molecular weight excluding hydrogens is 286 g/mol. The minimum absolute atomic E-state index is 0.0167.